The Kier molecular flexibility index (Phi) is 7.94. The molecule has 0 aliphatic carbocycles. The van der Waals surface area contributed by atoms with Gasteiger partial charge in [0.15, 0.2) is 0 Å². The Morgan fingerprint density at radius 2 is 1.88 bits per heavy atom. The van der Waals surface area contributed by atoms with Crippen molar-refractivity contribution < 1.29 is 23.1 Å². The van der Waals surface area contributed by atoms with E-state index in [0.29, 0.717) is 12.2 Å². The number of carbonyl (C=O) groups is 1. The molecule has 7 heteroatoms. The summed E-state index contributed by atoms with van der Waals surface area (Å²) in [6.07, 6.45) is 0.520. The highest BCUT2D eigenvalue weighted by molar-refractivity contribution is 7.89. The molecule has 6 nitrogen and oxygen atoms in total. The zero-order valence-corrected chi connectivity index (χ0v) is 15.8. The van der Waals surface area contributed by atoms with Crippen LogP contribution in [0.1, 0.15) is 34.1 Å². The fraction of sp³-hybridized carbons (Fsp3) is 0.500. The Bertz CT molecular complexity index is 729. The second-order valence-electron chi connectivity index (χ2n) is 5.83. The van der Waals surface area contributed by atoms with Gasteiger partial charge < -0.3 is 9.84 Å². The fourth-order valence-electron chi connectivity index (χ4n) is 2.40. The van der Waals surface area contributed by atoms with Crippen LogP contribution in [0.25, 0.3) is 0 Å². The van der Waals surface area contributed by atoms with Crippen molar-refractivity contribution in [3.8, 4) is 17.6 Å². The molecule has 0 aliphatic heterocycles. The van der Waals surface area contributed by atoms with Crippen LogP contribution in [0.4, 0.5) is 0 Å². The van der Waals surface area contributed by atoms with Crippen molar-refractivity contribution in [3.05, 3.63) is 24.3 Å². The molecule has 1 aromatic carbocycles. The van der Waals surface area contributed by atoms with Gasteiger partial charge >= 0.3 is 5.97 Å². The SMILES string of the molecule is CC#CCOc1ccc(S(=O)(=O)N(CCC)[C@@H](C(=O)O)C(C)C)cc1. The van der Waals surface area contributed by atoms with E-state index in [2.05, 4.69) is 11.8 Å². The average Bonchev–Trinajstić information content (AvgIpc) is 2.54. The van der Waals surface area contributed by atoms with Crippen LogP contribution < -0.4 is 4.74 Å². The van der Waals surface area contributed by atoms with E-state index in [1.54, 1.807) is 32.9 Å². The summed E-state index contributed by atoms with van der Waals surface area (Å²) < 4.78 is 32.3. The zero-order valence-electron chi connectivity index (χ0n) is 15.0. The molecule has 0 amide bonds. The van der Waals surface area contributed by atoms with Crippen LogP contribution in [0.2, 0.25) is 0 Å². The first-order valence-electron chi connectivity index (χ1n) is 8.12. The van der Waals surface area contributed by atoms with Crippen molar-refractivity contribution in [1.29, 1.82) is 0 Å². The lowest BCUT2D eigenvalue weighted by molar-refractivity contribution is -0.143. The number of hydrogen-bond donors (Lipinski definition) is 1. The van der Waals surface area contributed by atoms with E-state index in [-0.39, 0.29) is 24.0 Å². The van der Waals surface area contributed by atoms with Gasteiger partial charge in [-0.05, 0) is 43.5 Å². The number of ether oxygens (including phenoxy) is 1. The number of carboxylic acid groups (broad SMARTS) is 1. The summed E-state index contributed by atoms with van der Waals surface area (Å²) >= 11 is 0. The molecule has 1 aromatic rings. The van der Waals surface area contributed by atoms with Gasteiger partial charge in [0.25, 0.3) is 0 Å². The van der Waals surface area contributed by atoms with Crippen LogP contribution in [0.3, 0.4) is 0 Å². The van der Waals surface area contributed by atoms with Crippen molar-refractivity contribution >= 4 is 16.0 Å². The number of nitrogens with zero attached hydrogens (tertiary/aromatic N) is 1. The third kappa shape index (κ3) is 5.48. The predicted molar refractivity (Wildman–Crippen MR) is 95.8 cm³/mol. The Morgan fingerprint density at radius 3 is 2.32 bits per heavy atom. The van der Waals surface area contributed by atoms with Crippen molar-refractivity contribution in [2.24, 2.45) is 5.92 Å². The quantitative estimate of drug-likeness (QED) is 0.678. The third-order valence-corrected chi connectivity index (χ3v) is 5.45. The standard InChI is InChI=1S/C18H25NO5S/c1-5-7-13-24-15-8-10-16(11-9-15)25(22,23)19(12-6-2)17(14(3)4)18(20)21/h8-11,14,17H,6,12-13H2,1-4H3,(H,20,21)/t17-/m1/s1. The fourth-order valence-corrected chi connectivity index (χ4v) is 4.21. The van der Waals surface area contributed by atoms with Crippen LogP contribution >= 0.6 is 0 Å². The molecule has 0 radical (unpaired) electrons. The molecule has 1 rings (SSSR count). The minimum absolute atomic E-state index is 0.0433. The molecular formula is C18H25NO5S. The van der Waals surface area contributed by atoms with Crippen molar-refractivity contribution in [3.63, 3.8) is 0 Å². The largest absolute Gasteiger partial charge is 0.481 e. The second kappa shape index (κ2) is 9.44. The van der Waals surface area contributed by atoms with E-state index in [0.717, 1.165) is 4.31 Å². The highest BCUT2D eigenvalue weighted by Crippen LogP contribution is 2.24. The first-order chi connectivity index (χ1) is 11.8. The number of sulfonamides is 1. The topological polar surface area (TPSA) is 83.9 Å². The molecule has 25 heavy (non-hydrogen) atoms. The number of benzene rings is 1. The van der Waals surface area contributed by atoms with Gasteiger partial charge in [-0.15, -0.1) is 5.92 Å². The van der Waals surface area contributed by atoms with E-state index in [4.69, 9.17) is 4.74 Å². The first-order valence-corrected chi connectivity index (χ1v) is 9.56. The highest BCUT2D eigenvalue weighted by Gasteiger charge is 2.37. The summed E-state index contributed by atoms with van der Waals surface area (Å²) in [6, 6.07) is 4.82. The molecular weight excluding hydrogens is 342 g/mol. The number of aliphatic carboxylic acids is 1. The lowest BCUT2D eigenvalue weighted by atomic mass is 10.0. The monoisotopic (exact) mass is 367 g/mol. The van der Waals surface area contributed by atoms with Crippen molar-refractivity contribution in [2.45, 2.75) is 45.1 Å². The van der Waals surface area contributed by atoms with Crippen LogP contribution in [0.15, 0.2) is 29.2 Å². The minimum atomic E-state index is -3.93. The molecule has 0 bridgehead atoms. The first kappa shape index (κ1) is 21.0. The van der Waals surface area contributed by atoms with E-state index in [1.165, 1.54) is 12.1 Å². The lowest BCUT2D eigenvalue weighted by Gasteiger charge is -2.30. The predicted octanol–water partition coefficient (Wildman–Crippen LogP) is 2.60. The molecule has 0 saturated heterocycles. The van der Waals surface area contributed by atoms with Gasteiger partial charge in [0, 0.05) is 6.54 Å². The van der Waals surface area contributed by atoms with Crippen LogP contribution in [-0.4, -0.2) is 43.0 Å². The molecule has 138 valence electrons. The van der Waals surface area contributed by atoms with Gasteiger partial charge in [0.2, 0.25) is 10.0 Å². The summed E-state index contributed by atoms with van der Waals surface area (Å²) in [5.74, 6) is 4.46. The maximum atomic E-state index is 12.9. The highest BCUT2D eigenvalue weighted by atomic mass is 32.2. The summed E-state index contributed by atoms with van der Waals surface area (Å²) in [4.78, 5) is 11.6. The second-order valence-corrected chi connectivity index (χ2v) is 7.72. The Labute approximate surface area is 149 Å². The Morgan fingerprint density at radius 1 is 1.28 bits per heavy atom. The summed E-state index contributed by atoms with van der Waals surface area (Å²) in [5.41, 5.74) is 0. The van der Waals surface area contributed by atoms with Crippen LogP contribution in [-0.2, 0) is 14.8 Å². The molecule has 0 heterocycles. The van der Waals surface area contributed by atoms with Crippen molar-refractivity contribution in [1.82, 2.24) is 4.31 Å². The van der Waals surface area contributed by atoms with Gasteiger partial charge in [-0.25, -0.2) is 8.42 Å². The smallest absolute Gasteiger partial charge is 0.322 e. The van der Waals surface area contributed by atoms with E-state index < -0.39 is 22.0 Å². The Hall–Kier alpha value is -2.04. The molecule has 1 atom stereocenters. The minimum Gasteiger partial charge on any atom is -0.481 e. The van der Waals surface area contributed by atoms with Gasteiger partial charge in [-0.1, -0.05) is 26.7 Å². The molecule has 0 saturated carbocycles. The molecule has 0 fully saturated rings. The molecule has 0 aliphatic rings. The van der Waals surface area contributed by atoms with Crippen molar-refractivity contribution in [2.75, 3.05) is 13.2 Å². The molecule has 0 unspecified atom stereocenters. The van der Waals surface area contributed by atoms with Crippen LogP contribution in [0.5, 0.6) is 5.75 Å². The van der Waals surface area contributed by atoms with E-state index in [1.807, 2.05) is 6.92 Å². The maximum absolute atomic E-state index is 12.9. The molecule has 1 N–H and O–H groups in total. The van der Waals surface area contributed by atoms with E-state index in [9.17, 15) is 18.3 Å². The third-order valence-electron chi connectivity index (χ3n) is 3.56. The van der Waals surface area contributed by atoms with E-state index >= 15 is 0 Å². The Balaban J connectivity index is 3.16. The number of hydrogen-bond acceptors (Lipinski definition) is 4. The molecule has 0 aromatic heterocycles. The van der Waals surface area contributed by atoms with Gasteiger partial charge in [0.1, 0.15) is 18.4 Å². The molecule has 0 spiro atoms. The van der Waals surface area contributed by atoms with Gasteiger partial charge in [-0.3, -0.25) is 4.79 Å². The number of rotatable bonds is 9. The van der Waals surface area contributed by atoms with Gasteiger partial charge in [0.05, 0.1) is 4.90 Å². The average molecular weight is 367 g/mol. The van der Waals surface area contributed by atoms with Crippen LogP contribution in [0, 0.1) is 17.8 Å². The van der Waals surface area contributed by atoms with Gasteiger partial charge in [-0.2, -0.15) is 4.31 Å². The summed E-state index contributed by atoms with van der Waals surface area (Å²) in [6.45, 7) is 7.27. The maximum Gasteiger partial charge on any atom is 0.322 e. The summed E-state index contributed by atoms with van der Waals surface area (Å²) in [5, 5.41) is 9.48. The summed E-state index contributed by atoms with van der Waals surface area (Å²) in [7, 11) is -3.93. The lowest BCUT2D eigenvalue weighted by Crippen LogP contribution is -2.48. The normalized spacial score (nSPS) is 12.6. The zero-order chi connectivity index (χ0) is 19.0. The number of carboxylic acids is 1.